The van der Waals surface area contributed by atoms with Crippen LogP contribution in [0, 0.1) is 0 Å². The maximum Gasteiger partial charge on any atom is 0.119 e. The summed E-state index contributed by atoms with van der Waals surface area (Å²) in [5.41, 5.74) is 1.02. The van der Waals surface area contributed by atoms with E-state index in [0.29, 0.717) is 24.1 Å². The molecule has 1 heterocycles. The SMILES string of the molecule is COCCOc1ccc(NCc2ncc(Cl)s2)cc1. The molecular weight excluding hydrogens is 284 g/mol. The van der Waals surface area contributed by atoms with Gasteiger partial charge in [0.2, 0.25) is 0 Å². The van der Waals surface area contributed by atoms with Crippen molar-refractivity contribution in [3.05, 3.63) is 39.8 Å². The van der Waals surface area contributed by atoms with Crippen molar-refractivity contribution in [2.45, 2.75) is 6.54 Å². The molecule has 0 atom stereocenters. The van der Waals surface area contributed by atoms with Gasteiger partial charge in [0.25, 0.3) is 0 Å². The van der Waals surface area contributed by atoms with Gasteiger partial charge in [0, 0.05) is 12.8 Å². The molecular formula is C13H15ClN2O2S. The number of thiazole rings is 1. The fourth-order valence-electron chi connectivity index (χ4n) is 1.46. The van der Waals surface area contributed by atoms with Crippen molar-refractivity contribution in [3.63, 3.8) is 0 Å². The molecule has 0 saturated heterocycles. The van der Waals surface area contributed by atoms with Gasteiger partial charge in [0.15, 0.2) is 0 Å². The second-order valence-corrected chi connectivity index (χ2v) is 5.52. The highest BCUT2D eigenvalue weighted by Crippen LogP contribution is 2.20. The smallest absolute Gasteiger partial charge is 0.119 e. The first-order valence-electron chi connectivity index (χ1n) is 5.84. The number of nitrogens with zero attached hydrogens (tertiary/aromatic N) is 1. The van der Waals surface area contributed by atoms with Gasteiger partial charge in [-0.2, -0.15) is 0 Å². The van der Waals surface area contributed by atoms with E-state index in [4.69, 9.17) is 21.1 Å². The number of hydrogen-bond donors (Lipinski definition) is 1. The number of benzene rings is 1. The lowest BCUT2D eigenvalue weighted by Gasteiger charge is -2.07. The van der Waals surface area contributed by atoms with Crippen LogP contribution in [0.1, 0.15) is 5.01 Å². The number of ether oxygens (including phenoxy) is 2. The summed E-state index contributed by atoms with van der Waals surface area (Å²) in [5, 5.41) is 4.24. The number of rotatable bonds is 7. The molecule has 2 rings (SSSR count). The van der Waals surface area contributed by atoms with Crippen molar-refractivity contribution < 1.29 is 9.47 Å². The van der Waals surface area contributed by atoms with Gasteiger partial charge in [-0.15, -0.1) is 11.3 Å². The van der Waals surface area contributed by atoms with Crippen LogP contribution in [0.5, 0.6) is 5.75 Å². The number of nitrogens with one attached hydrogen (secondary N) is 1. The summed E-state index contributed by atoms with van der Waals surface area (Å²) in [6, 6.07) is 7.79. The van der Waals surface area contributed by atoms with Crippen molar-refractivity contribution >= 4 is 28.6 Å². The second kappa shape index (κ2) is 7.33. The first-order chi connectivity index (χ1) is 9.28. The molecule has 0 aliphatic rings. The molecule has 0 saturated carbocycles. The molecule has 102 valence electrons. The fourth-order valence-corrected chi connectivity index (χ4v) is 2.36. The van der Waals surface area contributed by atoms with Crippen molar-refractivity contribution in [3.8, 4) is 5.75 Å². The van der Waals surface area contributed by atoms with Gasteiger partial charge in [-0.05, 0) is 24.3 Å². The van der Waals surface area contributed by atoms with E-state index >= 15 is 0 Å². The Balaban J connectivity index is 1.81. The minimum absolute atomic E-state index is 0.556. The van der Waals surface area contributed by atoms with E-state index in [1.807, 2.05) is 24.3 Å². The average Bonchev–Trinajstić information content (AvgIpc) is 2.84. The maximum atomic E-state index is 5.82. The highest BCUT2D eigenvalue weighted by molar-refractivity contribution is 7.15. The Labute approximate surface area is 121 Å². The highest BCUT2D eigenvalue weighted by Gasteiger charge is 2.00. The van der Waals surface area contributed by atoms with Gasteiger partial charge in [0.1, 0.15) is 21.7 Å². The van der Waals surface area contributed by atoms with Gasteiger partial charge in [-0.1, -0.05) is 11.6 Å². The molecule has 1 aromatic carbocycles. The Morgan fingerprint density at radius 3 is 2.68 bits per heavy atom. The topological polar surface area (TPSA) is 43.4 Å². The van der Waals surface area contributed by atoms with E-state index in [0.717, 1.165) is 16.4 Å². The Morgan fingerprint density at radius 2 is 2.05 bits per heavy atom. The Hall–Kier alpha value is -1.30. The highest BCUT2D eigenvalue weighted by atomic mass is 35.5. The molecule has 0 aliphatic carbocycles. The van der Waals surface area contributed by atoms with E-state index in [2.05, 4.69) is 10.3 Å². The lowest BCUT2D eigenvalue weighted by molar-refractivity contribution is 0.146. The minimum Gasteiger partial charge on any atom is -0.491 e. The zero-order valence-corrected chi connectivity index (χ0v) is 12.1. The molecule has 0 unspecified atom stereocenters. The molecule has 1 aromatic heterocycles. The van der Waals surface area contributed by atoms with Crippen molar-refractivity contribution in [1.29, 1.82) is 0 Å². The van der Waals surface area contributed by atoms with Gasteiger partial charge >= 0.3 is 0 Å². The molecule has 0 fully saturated rings. The summed E-state index contributed by atoms with van der Waals surface area (Å²) in [6.45, 7) is 1.81. The Kier molecular flexibility index (Phi) is 5.44. The predicted molar refractivity (Wildman–Crippen MR) is 78.3 cm³/mol. The molecule has 0 radical (unpaired) electrons. The van der Waals surface area contributed by atoms with Crippen LogP contribution in [0.15, 0.2) is 30.5 Å². The van der Waals surface area contributed by atoms with Crippen molar-refractivity contribution in [1.82, 2.24) is 4.98 Å². The van der Waals surface area contributed by atoms with Crippen LogP contribution in [0.25, 0.3) is 0 Å². The molecule has 0 spiro atoms. The third-order valence-electron chi connectivity index (χ3n) is 2.38. The van der Waals surface area contributed by atoms with Crippen LogP contribution in [0.3, 0.4) is 0 Å². The average molecular weight is 299 g/mol. The zero-order chi connectivity index (χ0) is 13.5. The number of aromatic nitrogens is 1. The lowest BCUT2D eigenvalue weighted by Crippen LogP contribution is -2.04. The number of anilines is 1. The monoisotopic (exact) mass is 298 g/mol. The molecule has 0 bridgehead atoms. The molecule has 1 N–H and O–H groups in total. The third kappa shape index (κ3) is 4.70. The summed E-state index contributed by atoms with van der Waals surface area (Å²) in [6.07, 6.45) is 1.66. The Bertz CT molecular complexity index is 502. The normalized spacial score (nSPS) is 10.4. The lowest BCUT2D eigenvalue weighted by atomic mass is 10.3. The first-order valence-corrected chi connectivity index (χ1v) is 7.03. The molecule has 2 aromatic rings. The summed E-state index contributed by atoms with van der Waals surface area (Å²) in [5.74, 6) is 0.833. The van der Waals surface area contributed by atoms with Gasteiger partial charge in [0.05, 0.1) is 19.3 Å². The zero-order valence-electron chi connectivity index (χ0n) is 10.6. The maximum absolute atomic E-state index is 5.82. The van der Waals surface area contributed by atoms with Crippen molar-refractivity contribution in [2.24, 2.45) is 0 Å². The van der Waals surface area contributed by atoms with Crippen LogP contribution in [0.2, 0.25) is 4.34 Å². The van der Waals surface area contributed by atoms with E-state index in [-0.39, 0.29) is 0 Å². The van der Waals surface area contributed by atoms with Crippen molar-refractivity contribution in [2.75, 3.05) is 25.6 Å². The predicted octanol–water partition coefficient (Wildman–Crippen LogP) is 3.43. The fraction of sp³-hybridized carbons (Fsp3) is 0.308. The largest absolute Gasteiger partial charge is 0.491 e. The van der Waals surface area contributed by atoms with Gasteiger partial charge in [-0.3, -0.25) is 0 Å². The molecule has 19 heavy (non-hydrogen) atoms. The summed E-state index contributed by atoms with van der Waals surface area (Å²) < 4.78 is 11.1. The molecule has 0 amide bonds. The molecule has 0 aliphatic heterocycles. The van der Waals surface area contributed by atoms with Crippen LogP contribution in [0.4, 0.5) is 5.69 Å². The van der Waals surface area contributed by atoms with Gasteiger partial charge in [-0.25, -0.2) is 4.98 Å². The number of hydrogen-bond acceptors (Lipinski definition) is 5. The summed E-state index contributed by atoms with van der Waals surface area (Å²) in [4.78, 5) is 4.18. The quantitative estimate of drug-likeness (QED) is 0.795. The van der Waals surface area contributed by atoms with Gasteiger partial charge < -0.3 is 14.8 Å². The molecule has 6 heteroatoms. The van der Waals surface area contributed by atoms with Crippen LogP contribution < -0.4 is 10.1 Å². The van der Waals surface area contributed by atoms with E-state index in [9.17, 15) is 0 Å². The third-order valence-corrected chi connectivity index (χ3v) is 3.49. The minimum atomic E-state index is 0.556. The molecule has 4 nitrogen and oxygen atoms in total. The second-order valence-electron chi connectivity index (χ2n) is 3.78. The summed E-state index contributed by atoms with van der Waals surface area (Å²) >= 11 is 7.30. The Morgan fingerprint density at radius 1 is 1.26 bits per heavy atom. The van der Waals surface area contributed by atoms with Crippen LogP contribution >= 0.6 is 22.9 Å². The summed E-state index contributed by atoms with van der Waals surface area (Å²) in [7, 11) is 1.65. The number of halogens is 1. The van der Waals surface area contributed by atoms with E-state index < -0.39 is 0 Å². The van der Waals surface area contributed by atoms with E-state index in [1.54, 1.807) is 13.3 Å². The van der Waals surface area contributed by atoms with E-state index in [1.165, 1.54) is 11.3 Å². The first kappa shape index (κ1) is 14.1. The number of methoxy groups -OCH3 is 1. The van der Waals surface area contributed by atoms with Crippen LogP contribution in [-0.4, -0.2) is 25.3 Å². The van der Waals surface area contributed by atoms with Crippen LogP contribution in [-0.2, 0) is 11.3 Å². The standard InChI is InChI=1S/C13H15ClN2O2S/c1-17-6-7-18-11-4-2-10(3-5-11)15-9-13-16-8-12(14)19-13/h2-5,8,15H,6-7,9H2,1H3.